The Morgan fingerprint density at radius 1 is 1.50 bits per heavy atom. The summed E-state index contributed by atoms with van der Waals surface area (Å²) in [6.45, 7) is 2.00. The number of hydrogen-bond acceptors (Lipinski definition) is 4. The Morgan fingerprint density at radius 3 is 2.50 bits per heavy atom. The van der Waals surface area contributed by atoms with Crippen LogP contribution in [0.5, 0.6) is 0 Å². The lowest BCUT2D eigenvalue weighted by atomic mass is 10.0. The van der Waals surface area contributed by atoms with Gasteiger partial charge >= 0.3 is 5.97 Å². The largest absolute Gasteiger partial charge is 0.468 e. The summed E-state index contributed by atoms with van der Waals surface area (Å²) in [4.78, 5) is 11.5. The summed E-state index contributed by atoms with van der Waals surface area (Å²) in [7, 11) is -2.06. The second-order valence-electron chi connectivity index (χ2n) is 3.70. The predicted octanol–water partition coefficient (Wildman–Crippen LogP) is -0.0265. The van der Waals surface area contributed by atoms with Gasteiger partial charge in [-0.3, -0.25) is 4.79 Å². The zero-order valence-electron chi connectivity index (χ0n) is 8.61. The van der Waals surface area contributed by atoms with Crippen molar-refractivity contribution in [1.82, 2.24) is 4.31 Å². The van der Waals surface area contributed by atoms with Crippen LogP contribution < -0.4 is 0 Å². The van der Waals surface area contributed by atoms with Crippen molar-refractivity contribution < 1.29 is 17.9 Å². The van der Waals surface area contributed by atoms with Gasteiger partial charge in [0.15, 0.2) is 0 Å². The van der Waals surface area contributed by atoms with E-state index in [1.165, 1.54) is 11.4 Å². The summed E-state index contributed by atoms with van der Waals surface area (Å²) >= 11 is 0. The van der Waals surface area contributed by atoms with Crippen molar-refractivity contribution in [3.05, 3.63) is 0 Å². The van der Waals surface area contributed by atoms with Crippen LogP contribution >= 0.6 is 0 Å². The highest BCUT2D eigenvalue weighted by Crippen LogP contribution is 2.32. The van der Waals surface area contributed by atoms with Gasteiger partial charge in [0.2, 0.25) is 10.0 Å². The molecule has 1 heterocycles. The fourth-order valence-corrected chi connectivity index (χ4v) is 3.25. The summed E-state index contributed by atoms with van der Waals surface area (Å²) in [5.74, 6) is -0.486. The molecule has 0 amide bonds. The van der Waals surface area contributed by atoms with E-state index in [2.05, 4.69) is 4.74 Å². The van der Waals surface area contributed by atoms with Crippen molar-refractivity contribution in [3.8, 4) is 0 Å². The van der Waals surface area contributed by atoms with Crippen molar-refractivity contribution in [2.24, 2.45) is 0 Å². The van der Waals surface area contributed by atoms with Gasteiger partial charge in [-0.1, -0.05) is 0 Å². The molecule has 1 aliphatic heterocycles. The third-order valence-electron chi connectivity index (χ3n) is 2.60. The first-order chi connectivity index (χ1) is 6.32. The van der Waals surface area contributed by atoms with Gasteiger partial charge in [-0.2, -0.15) is 4.31 Å². The monoisotopic (exact) mass is 221 g/mol. The van der Waals surface area contributed by atoms with E-state index in [4.69, 9.17) is 0 Å². The summed E-state index contributed by atoms with van der Waals surface area (Å²) in [6, 6.07) is 0. The van der Waals surface area contributed by atoms with Gasteiger partial charge in [0, 0.05) is 6.54 Å². The smallest absolute Gasteiger partial charge is 0.327 e. The topological polar surface area (TPSA) is 63.7 Å². The molecule has 6 heteroatoms. The zero-order valence-corrected chi connectivity index (χ0v) is 9.43. The van der Waals surface area contributed by atoms with Crippen LogP contribution in [0.3, 0.4) is 0 Å². The molecule has 0 unspecified atom stereocenters. The van der Waals surface area contributed by atoms with Gasteiger partial charge in [0.1, 0.15) is 5.54 Å². The maximum Gasteiger partial charge on any atom is 0.327 e. The molecule has 5 nitrogen and oxygen atoms in total. The van der Waals surface area contributed by atoms with Gasteiger partial charge < -0.3 is 4.74 Å². The summed E-state index contributed by atoms with van der Waals surface area (Å²) in [6.07, 6.45) is 2.32. The average molecular weight is 221 g/mol. The predicted molar refractivity (Wildman–Crippen MR) is 51.2 cm³/mol. The first-order valence-corrected chi connectivity index (χ1v) is 6.23. The quantitative estimate of drug-likeness (QED) is 0.614. The van der Waals surface area contributed by atoms with Crippen LogP contribution in [0.1, 0.15) is 19.8 Å². The highest BCUT2D eigenvalue weighted by atomic mass is 32.2. The third kappa shape index (κ3) is 1.76. The molecule has 1 atom stereocenters. The van der Waals surface area contributed by atoms with Crippen molar-refractivity contribution in [3.63, 3.8) is 0 Å². The van der Waals surface area contributed by atoms with Crippen LogP contribution in [0, 0.1) is 0 Å². The Balaban J connectivity index is 3.04. The van der Waals surface area contributed by atoms with E-state index in [1.54, 1.807) is 6.92 Å². The van der Waals surface area contributed by atoms with Crippen molar-refractivity contribution >= 4 is 16.0 Å². The average Bonchev–Trinajstić information content (AvgIpc) is 2.46. The minimum absolute atomic E-state index is 0.393. The molecule has 0 aromatic carbocycles. The SMILES string of the molecule is COC(=O)[C@@]1(C)CCCN1S(C)(=O)=O. The third-order valence-corrected chi connectivity index (χ3v) is 3.99. The second-order valence-corrected chi connectivity index (χ2v) is 5.61. The number of nitrogens with zero attached hydrogens (tertiary/aromatic N) is 1. The minimum atomic E-state index is -3.33. The van der Waals surface area contributed by atoms with E-state index in [9.17, 15) is 13.2 Å². The van der Waals surface area contributed by atoms with E-state index in [1.807, 2.05) is 0 Å². The number of esters is 1. The van der Waals surface area contributed by atoms with E-state index < -0.39 is 21.5 Å². The van der Waals surface area contributed by atoms with Crippen molar-refractivity contribution in [2.45, 2.75) is 25.3 Å². The first kappa shape index (κ1) is 11.5. The molecule has 0 aromatic rings. The zero-order chi connectivity index (χ0) is 11.0. The minimum Gasteiger partial charge on any atom is -0.468 e. The van der Waals surface area contributed by atoms with Gasteiger partial charge in [-0.25, -0.2) is 8.42 Å². The maximum absolute atomic E-state index is 11.5. The van der Waals surface area contributed by atoms with Crippen molar-refractivity contribution in [2.75, 3.05) is 19.9 Å². The molecule has 0 aliphatic carbocycles. The Kier molecular flexibility index (Phi) is 2.87. The summed E-state index contributed by atoms with van der Waals surface area (Å²) in [5.41, 5.74) is -1.01. The molecule has 1 fully saturated rings. The first-order valence-electron chi connectivity index (χ1n) is 4.38. The highest BCUT2D eigenvalue weighted by Gasteiger charge is 2.48. The van der Waals surface area contributed by atoms with E-state index in [-0.39, 0.29) is 0 Å². The standard InChI is InChI=1S/C8H15NO4S/c1-8(7(10)13-2)5-4-6-9(8)14(3,11)12/h4-6H2,1-3H3/t8-/m1/s1. The Bertz CT molecular complexity index is 337. The van der Waals surface area contributed by atoms with Crippen molar-refractivity contribution in [1.29, 1.82) is 0 Å². The number of methoxy groups -OCH3 is 1. The molecule has 1 aliphatic rings. The number of ether oxygens (including phenoxy) is 1. The number of rotatable bonds is 2. The number of carbonyl (C=O) groups excluding carboxylic acids is 1. The molecule has 1 rings (SSSR count). The van der Waals surface area contributed by atoms with E-state index in [0.29, 0.717) is 19.4 Å². The molecule has 14 heavy (non-hydrogen) atoms. The summed E-state index contributed by atoms with van der Waals surface area (Å²) in [5, 5.41) is 0. The molecule has 0 bridgehead atoms. The van der Waals surface area contributed by atoms with Crippen LogP contribution in [0.4, 0.5) is 0 Å². The number of carbonyl (C=O) groups is 1. The molecule has 0 saturated carbocycles. The van der Waals surface area contributed by atoms with Crippen LogP contribution in [0.25, 0.3) is 0 Å². The molecule has 1 saturated heterocycles. The normalized spacial score (nSPS) is 29.1. The molecular formula is C8H15NO4S. The lowest BCUT2D eigenvalue weighted by molar-refractivity contribution is -0.149. The number of sulfonamides is 1. The molecular weight excluding hydrogens is 206 g/mol. The van der Waals surface area contributed by atoms with Gasteiger partial charge in [-0.15, -0.1) is 0 Å². The maximum atomic E-state index is 11.5. The van der Waals surface area contributed by atoms with Gasteiger partial charge in [0.25, 0.3) is 0 Å². The van der Waals surface area contributed by atoms with Gasteiger partial charge in [-0.05, 0) is 19.8 Å². The lowest BCUT2D eigenvalue weighted by Gasteiger charge is -2.30. The second kappa shape index (κ2) is 3.51. The molecule has 0 radical (unpaired) electrons. The lowest BCUT2D eigenvalue weighted by Crippen LogP contribution is -2.50. The van der Waals surface area contributed by atoms with E-state index in [0.717, 1.165) is 6.26 Å². The van der Waals surface area contributed by atoms with Crippen LogP contribution in [-0.2, 0) is 19.6 Å². The Morgan fingerprint density at radius 2 is 2.07 bits per heavy atom. The fraction of sp³-hybridized carbons (Fsp3) is 0.875. The van der Waals surface area contributed by atoms with Crippen LogP contribution in [0.15, 0.2) is 0 Å². The Labute approximate surface area is 84.1 Å². The van der Waals surface area contributed by atoms with Crippen LogP contribution in [0.2, 0.25) is 0 Å². The molecule has 0 aromatic heterocycles. The molecule has 82 valence electrons. The summed E-state index contributed by atoms with van der Waals surface area (Å²) < 4.78 is 28.6. The van der Waals surface area contributed by atoms with Gasteiger partial charge in [0.05, 0.1) is 13.4 Å². The Hall–Kier alpha value is -0.620. The number of hydrogen-bond donors (Lipinski definition) is 0. The molecule has 0 N–H and O–H groups in total. The van der Waals surface area contributed by atoms with E-state index >= 15 is 0 Å². The molecule has 0 spiro atoms. The van der Waals surface area contributed by atoms with Crippen LogP contribution in [-0.4, -0.2) is 44.1 Å². The fourth-order valence-electron chi connectivity index (χ4n) is 1.89. The highest BCUT2D eigenvalue weighted by molar-refractivity contribution is 7.88.